The number of hydrogen-bond donors (Lipinski definition) is 2. The van der Waals surface area contributed by atoms with Crippen molar-refractivity contribution >= 4 is 28.8 Å². The predicted octanol–water partition coefficient (Wildman–Crippen LogP) is 1.50. The molecule has 0 atom stereocenters. The van der Waals surface area contributed by atoms with Gasteiger partial charge in [-0.2, -0.15) is 5.10 Å². The number of aromatic nitrogens is 3. The van der Waals surface area contributed by atoms with Crippen molar-refractivity contribution in [1.29, 1.82) is 0 Å². The number of rotatable bonds is 3. The fourth-order valence-electron chi connectivity index (χ4n) is 1.57. The van der Waals surface area contributed by atoms with Gasteiger partial charge in [-0.25, -0.2) is 4.98 Å². The molecule has 88 valence electrons. The average Bonchev–Trinajstić information content (AvgIpc) is 2.63. The molecule has 2 rings (SSSR count). The first-order valence-electron chi connectivity index (χ1n) is 5.10. The van der Waals surface area contributed by atoms with E-state index in [1.807, 2.05) is 32.3 Å². The Balaban J connectivity index is 2.39. The molecular weight excluding hydrogens is 234 g/mol. The minimum Gasteiger partial charge on any atom is -0.389 e. The lowest BCUT2D eigenvalue weighted by Crippen LogP contribution is -2.15. The summed E-state index contributed by atoms with van der Waals surface area (Å²) in [6.07, 6.45) is 3.56. The summed E-state index contributed by atoms with van der Waals surface area (Å²) in [4.78, 5) is 4.57. The zero-order valence-electron chi connectivity index (χ0n) is 9.64. The van der Waals surface area contributed by atoms with Gasteiger partial charge < -0.3 is 11.1 Å². The van der Waals surface area contributed by atoms with Gasteiger partial charge in [-0.15, -0.1) is 0 Å². The molecule has 3 N–H and O–H groups in total. The van der Waals surface area contributed by atoms with Crippen molar-refractivity contribution in [2.75, 3.05) is 5.32 Å². The smallest absolute Gasteiger partial charge is 0.153 e. The van der Waals surface area contributed by atoms with E-state index >= 15 is 0 Å². The number of nitrogens with zero attached hydrogens (tertiary/aromatic N) is 3. The van der Waals surface area contributed by atoms with E-state index in [1.165, 1.54) is 0 Å². The van der Waals surface area contributed by atoms with E-state index in [1.54, 1.807) is 10.9 Å². The first-order valence-corrected chi connectivity index (χ1v) is 5.51. The number of pyridine rings is 1. The van der Waals surface area contributed by atoms with Crippen molar-refractivity contribution in [2.45, 2.75) is 6.92 Å². The number of nitrogens with two attached hydrogens (primary N) is 1. The number of anilines is 2. The molecule has 17 heavy (non-hydrogen) atoms. The van der Waals surface area contributed by atoms with Crippen molar-refractivity contribution in [1.82, 2.24) is 14.8 Å². The van der Waals surface area contributed by atoms with Crippen LogP contribution in [0.2, 0.25) is 0 Å². The molecule has 6 heteroatoms. The monoisotopic (exact) mass is 247 g/mol. The van der Waals surface area contributed by atoms with Crippen molar-refractivity contribution in [3.63, 3.8) is 0 Å². The van der Waals surface area contributed by atoms with Crippen LogP contribution in [-0.2, 0) is 7.05 Å². The molecule has 2 heterocycles. The standard InChI is InChI=1S/C11H13N5S/c1-7-3-5-13-11(9(7)10(12)17)14-8-4-6-16(2)15-8/h3-6H,1-2H3,(H2,12,17)(H,13,14,15). The topological polar surface area (TPSA) is 68.8 Å². The van der Waals surface area contributed by atoms with E-state index in [4.69, 9.17) is 18.0 Å². The van der Waals surface area contributed by atoms with Gasteiger partial charge in [0.05, 0.1) is 5.56 Å². The highest BCUT2D eigenvalue weighted by Gasteiger charge is 2.10. The van der Waals surface area contributed by atoms with Crippen LogP contribution in [0.25, 0.3) is 0 Å². The van der Waals surface area contributed by atoms with Gasteiger partial charge in [0.15, 0.2) is 5.82 Å². The van der Waals surface area contributed by atoms with Crippen LogP contribution in [-0.4, -0.2) is 19.8 Å². The average molecular weight is 247 g/mol. The molecule has 0 amide bonds. The Labute approximate surface area is 105 Å². The summed E-state index contributed by atoms with van der Waals surface area (Å²) >= 11 is 5.03. The summed E-state index contributed by atoms with van der Waals surface area (Å²) in [6, 6.07) is 3.73. The first kappa shape index (κ1) is 11.5. The van der Waals surface area contributed by atoms with Crippen molar-refractivity contribution < 1.29 is 0 Å². The summed E-state index contributed by atoms with van der Waals surface area (Å²) in [5.74, 6) is 1.35. The summed E-state index contributed by atoms with van der Waals surface area (Å²) in [7, 11) is 1.85. The Kier molecular flexibility index (Phi) is 3.06. The lowest BCUT2D eigenvalue weighted by molar-refractivity contribution is 0.771. The predicted molar refractivity (Wildman–Crippen MR) is 71.4 cm³/mol. The van der Waals surface area contributed by atoms with Crippen LogP contribution in [0.1, 0.15) is 11.1 Å². The zero-order chi connectivity index (χ0) is 12.4. The van der Waals surface area contributed by atoms with Crippen LogP contribution in [0.5, 0.6) is 0 Å². The van der Waals surface area contributed by atoms with E-state index in [9.17, 15) is 0 Å². The van der Waals surface area contributed by atoms with Gasteiger partial charge in [-0.3, -0.25) is 4.68 Å². The molecule has 0 spiro atoms. The highest BCUT2D eigenvalue weighted by molar-refractivity contribution is 7.80. The number of thiocarbonyl (C=S) groups is 1. The van der Waals surface area contributed by atoms with Gasteiger partial charge >= 0.3 is 0 Å². The Morgan fingerprint density at radius 2 is 2.24 bits per heavy atom. The van der Waals surface area contributed by atoms with Crippen LogP contribution >= 0.6 is 12.2 Å². The normalized spacial score (nSPS) is 10.2. The molecule has 0 aliphatic rings. The Hall–Kier alpha value is -1.95. The van der Waals surface area contributed by atoms with E-state index in [0.29, 0.717) is 16.6 Å². The lowest BCUT2D eigenvalue weighted by Gasteiger charge is -2.10. The Morgan fingerprint density at radius 3 is 2.82 bits per heavy atom. The minimum absolute atomic E-state index is 0.328. The molecule has 0 aromatic carbocycles. The molecule has 0 saturated carbocycles. The quantitative estimate of drug-likeness (QED) is 0.804. The maximum Gasteiger partial charge on any atom is 0.153 e. The Bertz CT molecular complexity index is 561. The van der Waals surface area contributed by atoms with Crippen molar-refractivity contribution in [3.8, 4) is 0 Å². The highest BCUT2D eigenvalue weighted by Crippen LogP contribution is 2.19. The summed E-state index contributed by atoms with van der Waals surface area (Å²) in [5, 5.41) is 7.32. The van der Waals surface area contributed by atoms with Crippen molar-refractivity contribution in [2.24, 2.45) is 12.8 Å². The first-order chi connectivity index (χ1) is 8.08. The molecule has 0 fully saturated rings. The van der Waals surface area contributed by atoms with Crippen LogP contribution in [0, 0.1) is 6.92 Å². The third-order valence-electron chi connectivity index (χ3n) is 2.37. The minimum atomic E-state index is 0.328. The fraction of sp³-hybridized carbons (Fsp3) is 0.182. The molecule has 0 aliphatic carbocycles. The molecule has 2 aromatic rings. The second-order valence-corrected chi connectivity index (χ2v) is 4.16. The SMILES string of the molecule is Cc1ccnc(Nc2ccn(C)n2)c1C(N)=S. The third kappa shape index (κ3) is 2.42. The van der Waals surface area contributed by atoms with Gasteiger partial charge in [0.25, 0.3) is 0 Å². The Morgan fingerprint density at radius 1 is 1.47 bits per heavy atom. The van der Waals surface area contributed by atoms with Crippen LogP contribution < -0.4 is 11.1 Å². The van der Waals surface area contributed by atoms with E-state index < -0.39 is 0 Å². The van der Waals surface area contributed by atoms with Gasteiger partial charge in [0.1, 0.15) is 10.8 Å². The van der Waals surface area contributed by atoms with Crippen LogP contribution in [0.15, 0.2) is 24.5 Å². The molecule has 5 nitrogen and oxygen atoms in total. The van der Waals surface area contributed by atoms with Gasteiger partial charge in [-0.05, 0) is 18.6 Å². The number of nitrogens with one attached hydrogen (secondary N) is 1. The number of aryl methyl sites for hydroxylation is 2. The van der Waals surface area contributed by atoms with Gasteiger partial charge in [0, 0.05) is 25.5 Å². The second-order valence-electron chi connectivity index (χ2n) is 3.72. The van der Waals surface area contributed by atoms with Crippen LogP contribution in [0.4, 0.5) is 11.6 Å². The zero-order valence-corrected chi connectivity index (χ0v) is 10.5. The lowest BCUT2D eigenvalue weighted by atomic mass is 10.1. The van der Waals surface area contributed by atoms with Crippen molar-refractivity contribution in [3.05, 3.63) is 35.7 Å². The maximum absolute atomic E-state index is 5.70. The molecule has 0 bridgehead atoms. The maximum atomic E-state index is 5.70. The van der Waals surface area contributed by atoms with E-state index in [2.05, 4.69) is 15.4 Å². The largest absolute Gasteiger partial charge is 0.389 e. The van der Waals surface area contributed by atoms with Crippen LogP contribution in [0.3, 0.4) is 0 Å². The highest BCUT2D eigenvalue weighted by atomic mass is 32.1. The summed E-state index contributed by atoms with van der Waals surface area (Å²) in [5.41, 5.74) is 7.45. The molecular formula is C11H13N5S. The number of hydrogen-bond acceptors (Lipinski definition) is 4. The van der Waals surface area contributed by atoms with E-state index in [0.717, 1.165) is 11.1 Å². The third-order valence-corrected chi connectivity index (χ3v) is 2.57. The molecule has 0 radical (unpaired) electrons. The molecule has 2 aromatic heterocycles. The van der Waals surface area contributed by atoms with Gasteiger partial charge in [-0.1, -0.05) is 12.2 Å². The second kappa shape index (κ2) is 4.50. The van der Waals surface area contributed by atoms with Gasteiger partial charge in [0.2, 0.25) is 0 Å². The molecule has 0 unspecified atom stereocenters. The summed E-state index contributed by atoms with van der Waals surface area (Å²) in [6.45, 7) is 1.94. The fourth-order valence-corrected chi connectivity index (χ4v) is 1.82. The summed E-state index contributed by atoms with van der Waals surface area (Å²) < 4.78 is 1.71. The molecule has 0 aliphatic heterocycles. The van der Waals surface area contributed by atoms with E-state index in [-0.39, 0.29) is 0 Å². The molecule has 0 saturated heterocycles.